The van der Waals surface area contributed by atoms with Crippen molar-refractivity contribution >= 4 is 14.2 Å². The summed E-state index contributed by atoms with van der Waals surface area (Å²) in [7, 11) is 0.852. The summed E-state index contributed by atoms with van der Waals surface area (Å²) in [4.78, 5) is 0. The second-order valence-electron chi connectivity index (χ2n) is 17.6. The first-order chi connectivity index (χ1) is 22.4. The number of hydrogen-bond acceptors (Lipinski definition) is 2. The summed E-state index contributed by atoms with van der Waals surface area (Å²) >= 11 is -0.760. The molecule has 0 radical (unpaired) electrons. The summed E-state index contributed by atoms with van der Waals surface area (Å²) in [6.45, 7) is 14.1. The number of benzene rings is 2. The van der Waals surface area contributed by atoms with Crippen molar-refractivity contribution in [1.29, 1.82) is 0 Å². The Morgan fingerprint density at radius 2 is 0.872 bits per heavy atom. The standard InChI is InChI=1S/C42H64O2S2.Zr/c1-41(2,3)33-23-31(39(43)35(25-33)29-17-11-9-12-18-29)27-45-37-21-15-7-8-16-22-38(37)46-28-32-24-34(42(4,5)6)26-36(40(32)44)30-19-13-10-14-20-30;/h23-26,29-30,37-38,43-44H,7-22,27-28H2,1-6H3;/t37-,38?;/m0./s1. The SMILES string of the molecule is CC(C)(C)c1cc(C[S]2=[Zr]=[S](Cc3cc(C(C)(C)C)cc(C4CCCCC4)c3O)[C@H]3CCCCCCC32)c(O)c(C2CCCCC2)c1. The Labute approximate surface area is 299 Å². The van der Waals surface area contributed by atoms with Crippen molar-refractivity contribution in [3.05, 3.63) is 57.6 Å². The van der Waals surface area contributed by atoms with Crippen molar-refractivity contribution in [2.24, 2.45) is 0 Å². The van der Waals surface area contributed by atoms with Gasteiger partial charge in [0.15, 0.2) is 0 Å². The topological polar surface area (TPSA) is 40.5 Å². The van der Waals surface area contributed by atoms with Crippen LogP contribution in [0.5, 0.6) is 11.5 Å². The summed E-state index contributed by atoms with van der Waals surface area (Å²) in [5.41, 5.74) is 8.13. The summed E-state index contributed by atoms with van der Waals surface area (Å²) < 4.78 is 0. The normalized spacial score (nSPS) is 26.6. The van der Waals surface area contributed by atoms with Gasteiger partial charge in [0.2, 0.25) is 0 Å². The van der Waals surface area contributed by atoms with Gasteiger partial charge in [-0.05, 0) is 0 Å². The number of fused-ring (bicyclic) bond motifs is 1. The Morgan fingerprint density at radius 1 is 0.532 bits per heavy atom. The predicted molar refractivity (Wildman–Crippen MR) is 203 cm³/mol. The van der Waals surface area contributed by atoms with Gasteiger partial charge in [0.05, 0.1) is 0 Å². The second-order valence-corrected chi connectivity index (χ2v) is 33.2. The first-order valence-electron chi connectivity index (χ1n) is 19.3. The third-order valence-corrected chi connectivity index (χ3v) is 33.8. The van der Waals surface area contributed by atoms with Crippen LogP contribution in [0.15, 0.2) is 24.3 Å². The molecule has 0 bridgehead atoms. The molecule has 3 saturated carbocycles. The predicted octanol–water partition coefficient (Wildman–Crippen LogP) is 13.0. The van der Waals surface area contributed by atoms with Crippen LogP contribution in [0.25, 0.3) is 0 Å². The van der Waals surface area contributed by atoms with E-state index in [1.54, 1.807) is 0 Å². The summed E-state index contributed by atoms with van der Waals surface area (Å²) in [6, 6.07) is 9.64. The van der Waals surface area contributed by atoms with E-state index in [0.717, 1.165) is 22.0 Å². The van der Waals surface area contributed by atoms with Gasteiger partial charge in [0, 0.05) is 0 Å². The van der Waals surface area contributed by atoms with E-state index in [4.69, 9.17) is 0 Å². The first kappa shape index (κ1) is 36.4. The molecule has 4 aliphatic rings. The molecule has 0 spiro atoms. The Balaban J connectivity index is 1.41. The average Bonchev–Trinajstić information content (AvgIpc) is 3.32. The maximum atomic E-state index is 12.0. The van der Waals surface area contributed by atoms with Crippen LogP contribution in [0.2, 0.25) is 0 Å². The van der Waals surface area contributed by atoms with Gasteiger partial charge in [-0.25, -0.2) is 0 Å². The van der Waals surface area contributed by atoms with Gasteiger partial charge in [-0.1, -0.05) is 0 Å². The molecule has 5 heteroatoms. The molecule has 6 rings (SSSR count). The van der Waals surface area contributed by atoms with Crippen LogP contribution in [0.4, 0.5) is 0 Å². The summed E-state index contributed by atoms with van der Waals surface area (Å²) in [5, 5.41) is 25.6. The summed E-state index contributed by atoms with van der Waals surface area (Å²) in [6.07, 6.45) is 21.2. The van der Waals surface area contributed by atoms with E-state index >= 15 is 0 Å². The van der Waals surface area contributed by atoms with Gasteiger partial charge in [-0.2, -0.15) is 0 Å². The number of phenols is 2. The van der Waals surface area contributed by atoms with E-state index in [-0.39, 0.29) is 10.8 Å². The van der Waals surface area contributed by atoms with E-state index in [1.807, 2.05) is 0 Å². The van der Waals surface area contributed by atoms with Crippen molar-refractivity contribution in [3.63, 3.8) is 0 Å². The van der Waals surface area contributed by atoms with Gasteiger partial charge in [0.25, 0.3) is 0 Å². The van der Waals surface area contributed by atoms with Crippen molar-refractivity contribution in [2.45, 2.75) is 189 Å². The van der Waals surface area contributed by atoms with Crippen LogP contribution in [0.3, 0.4) is 0 Å². The number of rotatable bonds is 6. The monoisotopic (exact) mass is 754 g/mol. The molecule has 2 aromatic carbocycles. The van der Waals surface area contributed by atoms with Crippen molar-refractivity contribution in [1.82, 2.24) is 0 Å². The molecule has 47 heavy (non-hydrogen) atoms. The molecule has 0 saturated heterocycles. The van der Waals surface area contributed by atoms with Crippen LogP contribution >= 0.6 is 14.2 Å². The number of hydrogen-bond donors (Lipinski definition) is 2. The van der Waals surface area contributed by atoms with Crippen LogP contribution in [-0.4, -0.2) is 20.7 Å². The van der Waals surface area contributed by atoms with Crippen LogP contribution in [0.1, 0.15) is 189 Å². The van der Waals surface area contributed by atoms with E-state index in [2.05, 4.69) is 65.8 Å². The molecule has 2 N–H and O–H groups in total. The molecule has 1 aliphatic heterocycles. The molecule has 2 aromatic rings. The first-order valence-corrected chi connectivity index (χ1v) is 28.2. The maximum absolute atomic E-state index is 12.0. The van der Waals surface area contributed by atoms with Gasteiger partial charge in [-0.3, -0.25) is 0 Å². The van der Waals surface area contributed by atoms with Crippen LogP contribution in [-0.2, 0) is 41.5 Å². The van der Waals surface area contributed by atoms with E-state index in [1.165, 1.54) is 136 Å². The third kappa shape index (κ3) is 8.57. The minimum atomic E-state index is -0.760. The number of phenolic OH excluding ortho intramolecular Hbond substituents is 2. The van der Waals surface area contributed by atoms with Gasteiger partial charge in [-0.15, -0.1) is 0 Å². The van der Waals surface area contributed by atoms with Gasteiger partial charge in [0.1, 0.15) is 0 Å². The molecule has 3 unspecified atom stereocenters. The zero-order valence-corrected chi connectivity index (χ0v) is 34.6. The molecule has 260 valence electrons. The van der Waals surface area contributed by atoms with Crippen LogP contribution in [0, 0.1) is 0 Å². The Hall–Kier alpha value is -0.377. The third-order valence-electron chi connectivity index (χ3n) is 12.0. The quantitative estimate of drug-likeness (QED) is 0.308. The zero-order valence-electron chi connectivity index (χ0n) is 30.6. The molecular weight excluding hydrogens is 692 g/mol. The fourth-order valence-electron chi connectivity index (χ4n) is 8.91. The molecule has 2 nitrogen and oxygen atoms in total. The molecule has 0 amide bonds. The van der Waals surface area contributed by atoms with Crippen LogP contribution < -0.4 is 0 Å². The average molecular weight is 756 g/mol. The molecule has 4 atom stereocenters. The zero-order chi connectivity index (χ0) is 33.3. The fraction of sp³-hybridized carbons (Fsp3) is 0.714. The van der Waals surface area contributed by atoms with Crippen molar-refractivity contribution in [2.75, 3.05) is 0 Å². The van der Waals surface area contributed by atoms with E-state index < -0.39 is 19.2 Å². The second kappa shape index (κ2) is 15.5. The van der Waals surface area contributed by atoms with Gasteiger partial charge < -0.3 is 0 Å². The molecular formula is C42H64O2S2Zr. The Bertz CT molecular complexity index is 1380. The Morgan fingerprint density at radius 3 is 1.23 bits per heavy atom. The Kier molecular flexibility index (Phi) is 12.0. The molecule has 1 heterocycles. The van der Waals surface area contributed by atoms with Gasteiger partial charge >= 0.3 is 302 Å². The number of aromatic hydroxyl groups is 2. The van der Waals surface area contributed by atoms with E-state index in [9.17, 15) is 10.2 Å². The van der Waals surface area contributed by atoms with Crippen molar-refractivity contribution in [3.8, 4) is 11.5 Å². The molecule has 3 aliphatic carbocycles. The summed E-state index contributed by atoms with van der Waals surface area (Å²) in [5.74, 6) is 4.62. The fourth-order valence-corrected chi connectivity index (χ4v) is 37.8. The molecule has 3 fully saturated rings. The van der Waals surface area contributed by atoms with E-state index in [0.29, 0.717) is 37.6 Å². The molecule has 0 aromatic heterocycles. The minimum absolute atomic E-state index is 0.0866. The van der Waals surface area contributed by atoms with Crippen molar-refractivity contribution < 1.29 is 29.4 Å².